The molecular formula is C9H16Cl. The molecule has 59 valence electrons. The number of hydrogen-bond donors (Lipinski definition) is 0. The van der Waals surface area contributed by atoms with Gasteiger partial charge in [-0.1, -0.05) is 26.2 Å². The van der Waals surface area contributed by atoms with Crippen LogP contribution in [0.1, 0.15) is 39.0 Å². The highest BCUT2D eigenvalue weighted by Gasteiger charge is 2.20. The highest BCUT2D eigenvalue weighted by Crippen LogP contribution is 2.33. The molecule has 0 aromatic heterocycles. The van der Waals surface area contributed by atoms with E-state index < -0.39 is 0 Å². The fourth-order valence-corrected chi connectivity index (χ4v) is 1.99. The molecular weight excluding hydrogens is 144 g/mol. The molecule has 0 amide bonds. The molecule has 1 rings (SSSR count). The van der Waals surface area contributed by atoms with Crippen LogP contribution in [0, 0.1) is 11.8 Å². The van der Waals surface area contributed by atoms with Crippen LogP contribution in [0.15, 0.2) is 0 Å². The second-order valence-electron chi connectivity index (χ2n) is 3.24. The van der Waals surface area contributed by atoms with Crippen LogP contribution < -0.4 is 0 Å². The van der Waals surface area contributed by atoms with Gasteiger partial charge in [-0.05, 0) is 24.7 Å². The maximum absolute atomic E-state index is 5.68. The summed E-state index contributed by atoms with van der Waals surface area (Å²) in [7, 11) is 0. The smallest absolute Gasteiger partial charge is 0.0229 e. The van der Waals surface area contributed by atoms with Gasteiger partial charge in [0.25, 0.3) is 0 Å². The molecule has 0 spiro atoms. The van der Waals surface area contributed by atoms with Gasteiger partial charge >= 0.3 is 0 Å². The van der Waals surface area contributed by atoms with E-state index in [-0.39, 0.29) is 0 Å². The van der Waals surface area contributed by atoms with Crippen molar-refractivity contribution < 1.29 is 0 Å². The predicted octanol–water partition coefficient (Wildman–Crippen LogP) is 3.40. The van der Waals surface area contributed by atoms with Crippen molar-refractivity contribution in [3.63, 3.8) is 0 Å². The lowest BCUT2D eigenvalue weighted by Gasteiger charge is -2.27. The molecule has 10 heavy (non-hydrogen) atoms. The van der Waals surface area contributed by atoms with Gasteiger partial charge in [-0.25, -0.2) is 0 Å². The van der Waals surface area contributed by atoms with E-state index in [0.29, 0.717) is 0 Å². The van der Waals surface area contributed by atoms with E-state index in [9.17, 15) is 0 Å². The minimum Gasteiger partial charge on any atom is -0.127 e. The molecule has 0 N–H and O–H groups in total. The lowest BCUT2D eigenvalue weighted by molar-refractivity contribution is 0.405. The molecule has 1 fully saturated rings. The highest BCUT2D eigenvalue weighted by atomic mass is 35.5. The number of alkyl halides is 1. The Morgan fingerprint density at radius 1 is 1.50 bits per heavy atom. The lowest BCUT2D eigenvalue weighted by atomic mass is 9.79. The summed E-state index contributed by atoms with van der Waals surface area (Å²) in [6.45, 7) is 2.33. The number of rotatable bonds is 2. The summed E-state index contributed by atoms with van der Waals surface area (Å²) in [6, 6.07) is 0. The summed E-state index contributed by atoms with van der Waals surface area (Å²) in [6.07, 6.45) is 6.71. The maximum Gasteiger partial charge on any atom is 0.0229 e. The van der Waals surface area contributed by atoms with Crippen LogP contribution in [0.3, 0.4) is 0 Å². The Bertz CT molecular complexity index is 88.7. The Kier molecular flexibility index (Phi) is 3.55. The van der Waals surface area contributed by atoms with E-state index in [0.717, 1.165) is 18.2 Å². The zero-order chi connectivity index (χ0) is 7.40. The molecule has 0 aliphatic heterocycles. The van der Waals surface area contributed by atoms with Crippen LogP contribution in [0.25, 0.3) is 0 Å². The summed E-state index contributed by atoms with van der Waals surface area (Å²) in [5.41, 5.74) is 0. The molecule has 1 aliphatic rings. The summed E-state index contributed by atoms with van der Waals surface area (Å²) < 4.78 is 0. The fraction of sp³-hybridized carbons (Fsp3) is 0.889. The first-order valence-electron chi connectivity index (χ1n) is 4.25. The topological polar surface area (TPSA) is 0 Å². The van der Waals surface area contributed by atoms with Gasteiger partial charge in [0.1, 0.15) is 0 Å². The van der Waals surface area contributed by atoms with Crippen molar-refractivity contribution >= 4 is 11.6 Å². The Morgan fingerprint density at radius 3 is 2.90 bits per heavy atom. The molecule has 1 unspecified atom stereocenters. The van der Waals surface area contributed by atoms with Gasteiger partial charge in [0.2, 0.25) is 0 Å². The maximum atomic E-state index is 5.68. The first-order valence-corrected chi connectivity index (χ1v) is 4.78. The van der Waals surface area contributed by atoms with Crippen molar-refractivity contribution in [3.8, 4) is 0 Å². The largest absolute Gasteiger partial charge is 0.127 e. The molecule has 0 heterocycles. The van der Waals surface area contributed by atoms with Crippen LogP contribution in [-0.4, -0.2) is 5.88 Å². The Hall–Kier alpha value is 0.290. The highest BCUT2D eigenvalue weighted by molar-refractivity contribution is 6.17. The zero-order valence-corrected chi connectivity index (χ0v) is 7.45. The minimum absolute atomic E-state index is 0.819. The standard InChI is InChI=1S/C9H16Cl/c1-8-4-2-3-5-9(8)6-7-10/h8H,2-7H2,1H3. The molecule has 0 aromatic rings. The van der Waals surface area contributed by atoms with Crippen LogP contribution >= 0.6 is 11.6 Å². The van der Waals surface area contributed by atoms with E-state index in [1.165, 1.54) is 25.7 Å². The van der Waals surface area contributed by atoms with Gasteiger partial charge in [-0.15, -0.1) is 11.6 Å². The lowest BCUT2D eigenvalue weighted by Crippen LogP contribution is -2.14. The van der Waals surface area contributed by atoms with Crippen LogP contribution in [0.2, 0.25) is 0 Å². The Labute approximate surface area is 69.0 Å². The van der Waals surface area contributed by atoms with E-state index in [2.05, 4.69) is 6.92 Å². The van der Waals surface area contributed by atoms with E-state index in [1.807, 2.05) is 0 Å². The summed E-state index contributed by atoms with van der Waals surface area (Å²) in [5.74, 6) is 3.38. The Balaban J connectivity index is 2.25. The van der Waals surface area contributed by atoms with Crippen molar-refractivity contribution in [1.29, 1.82) is 0 Å². The molecule has 1 saturated carbocycles. The average molecular weight is 160 g/mol. The van der Waals surface area contributed by atoms with Gasteiger partial charge in [-0.2, -0.15) is 0 Å². The third-order valence-corrected chi connectivity index (χ3v) is 2.69. The van der Waals surface area contributed by atoms with Gasteiger partial charge in [0, 0.05) is 5.88 Å². The molecule has 1 radical (unpaired) electrons. The number of halogens is 1. The fourth-order valence-electron chi connectivity index (χ4n) is 1.75. The van der Waals surface area contributed by atoms with Crippen LogP contribution in [-0.2, 0) is 0 Å². The molecule has 1 atom stereocenters. The SMILES string of the molecule is CC1CCCC[C]1CCCl. The van der Waals surface area contributed by atoms with Crippen LogP contribution in [0.5, 0.6) is 0 Å². The van der Waals surface area contributed by atoms with Crippen molar-refractivity contribution in [2.45, 2.75) is 39.0 Å². The average Bonchev–Trinajstić information content (AvgIpc) is 1.94. The zero-order valence-electron chi connectivity index (χ0n) is 6.70. The molecule has 1 heteroatoms. The van der Waals surface area contributed by atoms with E-state index >= 15 is 0 Å². The van der Waals surface area contributed by atoms with E-state index in [4.69, 9.17) is 11.6 Å². The second kappa shape index (κ2) is 4.23. The molecule has 0 nitrogen and oxygen atoms in total. The molecule has 0 aromatic carbocycles. The quantitative estimate of drug-likeness (QED) is 0.542. The summed E-state index contributed by atoms with van der Waals surface area (Å²) in [5, 5.41) is 0. The van der Waals surface area contributed by atoms with Gasteiger partial charge in [0.05, 0.1) is 0 Å². The van der Waals surface area contributed by atoms with Gasteiger partial charge in [-0.3, -0.25) is 0 Å². The summed E-state index contributed by atoms with van der Waals surface area (Å²) in [4.78, 5) is 0. The van der Waals surface area contributed by atoms with E-state index in [1.54, 1.807) is 5.92 Å². The van der Waals surface area contributed by atoms with Gasteiger partial charge in [0.15, 0.2) is 0 Å². The molecule has 0 saturated heterocycles. The molecule has 0 bridgehead atoms. The first-order chi connectivity index (χ1) is 4.84. The third-order valence-electron chi connectivity index (χ3n) is 2.50. The monoisotopic (exact) mass is 159 g/mol. The van der Waals surface area contributed by atoms with Crippen LogP contribution in [0.4, 0.5) is 0 Å². The predicted molar refractivity (Wildman–Crippen MR) is 46.2 cm³/mol. The Morgan fingerprint density at radius 2 is 2.30 bits per heavy atom. The third kappa shape index (κ3) is 2.16. The molecule has 1 aliphatic carbocycles. The van der Waals surface area contributed by atoms with Crippen molar-refractivity contribution in [3.05, 3.63) is 5.92 Å². The normalized spacial score (nSPS) is 28.8. The van der Waals surface area contributed by atoms with Crippen molar-refractivity contribution in [2.24, 2.45) is 5.92 Å². The summed E-state index contributed by atoms with van der Waals surface area (Å²) >= 11 is 5.68. The van der Waals surface area contributed by atoms with Gasteiger partial charge < -0.3 is 0 Å². The van der Waals surface area contributed by atoms with Crippen molar-refractivity contribution in [2.75, 3.05) is 5.88 Å². The number of hydrogen-bond acceptors (Lipinski definition) is 0. The second-order valence-corrected chi connectivity index (χ2v) is 3.62. The first kappa shape index (κ1) is 8.39. The minimum atomic E-state index is 0.819. The van der Waals surface area contributed by atoms with Crippen molar-refractivity contribution in [1.82, 2.24) is 0 Å².